The molecular weight excluding hydrogens is 346 g/mol. The zero-order valence-electron chi connectivity index (χ0n) is 10.8. The van der Waals surface area contributed by atoms with Gasteiger partial charge in [-0.25, -0.2) is 14.7 Å². The Morgan fingerprint density at radius 2 is 2.20 bits per heavy atom. The van der Waals surface area contributed by atoms with Gasteiger partial charge in [-0.3, -0.25) is 4.57 Å². The first-order valence-corrected chi connectivity index (χ1v) is 7.38. The average molecular weight is 358 g/mol. The Hall–Kier alpha value is -1.54. The molecular formula is C12H12BrN3O3S. The number of aromatic carboxylic acids is 1. The summed E-state index contributed by atoms with van der Waals surface area (Å²) in [5, 5.41) is 15.9. The van der Waals surface area contributed by atoms with Crippen LogP contribution in [0.4, 0.5) is 0 Å². The summed E-state index contributed by atoms with van der Waals surface area (Å²) in [6.45, 7) is 3.79. The maximum Gasteiger partial charge on any atom is 0.344 e. The number of benzene rings is 1. The van der Waals surface area contributed by atoms with Crippen molar-refractivity contribution >= 4 is 33.7 Å². The Morgan fingerprint density at radius 1 is 1.50 bits per heavy atom. The second-order valence-electron chi connectivity index (χ2n) is 4.32. The van der Waals surface area contributed by atoms with Crippen molar-refractivity contribution in [2.45, 2.75) is 29.9 Å². The van der Waals surface area contributed by atoms with E-state index < -0.39 is 5.97 Å². The minimum absolute atomic E-state index is 0.00881. The smallest absolute Gasteiger partial charge is 0.344 e. The fraction of sp³-hybridized carbons (Fsp3) is 0.250. The summed E-state index contributed by atoms with van der Waals surface area (Å²) in [5.74, 6) is -0.993. The largest absolute Gasteiger partial charge is 0.478 e. The Balaban J connectivity index is 2.34. The van der Waals surface area contributed by atoms with Crippen LogP contribution in [0.2, 0.25) is 0 Å². The number of nitrogens with one attached hydrogen (secondary N) is 1. The van der Waals surface area contributed by atoms with E-state index in [-0.39, 0.29) is 17.3 Å². The summed E-state index contributed by atoms with van der Waals surface area (Å²) >= 11 is 4.52. The lowest BCUT2D eigenvalue weighted by atomic mass is 10.2. The van der Waals surface area contributed by atoms with E-state index in [1.165, 1.54) is 17.8 Å². The molecule has 1 heterocycles. The average Bonchev–Trinajstić information content (AvgIpc) is 2.70. The molecule has 0 fully saturated rings. The quantitative estimate of drug-likeness (QED) is 0.878. The zero-order valence-corrected chi connectivity index (χ0v) is 13.2. The third-order valence-corrected chi connectivity index (χ3v) is 4.18. The van der Waals surface area contributed by atoms with Gasteiger partial charge in [-0.1, -0.05) is 0 Å². The third-order valence-electron chi connectivity index (χ3n) is 2.57. The lowest BCUT2D eigenvalue weighted by Gasteiger charge is -2.09. The van der Waals surface area contributed by atoms with Gasteiger partial charge in [-0.05, 0) is 59.7 Å². The SMILES string of the molecule is CC(C)n1c(Sc2ccc(C(=O)O)c(Br)c2)n[nH]c1=O. The summed E-state index contributed by atoms with van der Waals surface area (Å²) in [6, 6.07) is 4.88. The standard InChI is InChI=1S/C12H12BrN3O3S/c1-6(2)16-11(19)14-15-12(16)20-7-3-4-8(10(17)18)9(13)5-7/h3-6H,1-2H3,(H,14,19)(H,17,18). The third kappa shape index (κ3) is 2.96. The summed E-state index contributed by atoms with van der Waals surface area (Å²) in [7, 11) is 0. The number of aromatic amines is 1. The Labute approximate surface area is 127 Å². The fourth-order valence-electron chi connectivity index (χ4n) is 1.66. The topological polar surface area (TPSA) is 88.0 Å². The minimum atomic E-state index is -0.993. The van der Waals surface area contributed by atoms with Crippen LogP contribution in [-0.4, -0.2) is 25.8 Å². The van der Waals surface area contributed by atoms with E-state index in [4.69, 9.17) is 5.11 Å². The molecule has 1 aromatic carbocycles. The van der Waals surface area contributed by atoms with Gasteiger partial charge in [-0.2, -0.15) is 0 Å². The van der Waals surface area contributed by atoms with E-state index in [0.29, 0.717) is 9.63 Å². The van der Waals surface area contributed by atoms with Gasteiger partial charge in [0, 0.05) is 15.4 Å². The van der Waals surface area contributed by atoms with Crippen molar-refractivity contribution in [1.82, 2.24) is 14.8 Å². The molecule has 0 aliphatic rings. The molecule has 0 radical (unpaired) electrons. The number of carboxylic acids is 1. The molecule has 0 spiro atoms. The van der Waals surface area contributed by atoms with Crippen molar-refractivity contribution in [3.8, 4) is 0 Å². The van der Waals surface area contributed by atoms with E-state index in [1.54, 1.807) is 16.7 Å². The second kappa shape index (κ2) is 5.84. The van der Waals surface area contributed by atoms with Gasteiger partial charge in [0.1, 0.15) is 0 Å². The molecule has 8 heteroatoms. The van der Waals surface area contributed by atoms with Crippen molar-refractivity contribution in [3.63, 3.8) is 0 Å². The maximum absolute atomic E-state index is 11.6. The fourth-order valence-corrected chi connectivity index (χ4v) is 3.36. The first kappa shape index (κ1) is 14.9. The molecule has 6 nitrogen and oxygen atoms in total. The van der Waals surface area contributed by atoms with Crippen LogP contribution in [0, 0.1) is 0 Å². The van der Waals surface area contributed by atoms with Crippen LogP contribution in [0.3, 0.4) is 0 Å². The molecule has 0 atom stereocenters. The van der Waals surface area contributed by atoms with Gasteiger partial charge in [0.25, 0.3) is 0 Å². The van der Waals surface area contributed by atoms with Crippen molar-refractivity contribution in [3.05, 3.63) is 38.7 Å². The van der Waals surface area contributed by atoms with Crippen LogP contribution in [0.25, 0.3) is 0 Å². The minimum Gasteiger partial charge on any atom is -0.478 e. The van der Waals surface area contributed by atoms with Gasteiger partial charge in [-0.15, -0.1) is 5.10 Å². The number of carbonyl (C=O) groups is 1. The molecule has 1 aromatic heterocycles. The number of halogens is 1. The van der Waals surface area contributed by atoms with Crippen LogP contribution < -0.4 is 5.69 Å². The highest BCUT2D eigenvalue weighted by atomic mass is 79.9. The highest BCUT2D eigenvalue weighted by Gasteiger charge is 2.14. The highest BCUT2D eigenvalue weighted by Crippen LogP contribution is 2.30. The second-order valence-corrected chi connectivity index (χ2v) is 6.22. The van der Waals surface area contributed by atoms with Gasteiger partial charge in [0.2, 0.25) is 0 Å². The number of nitrogens with zero attached hydrogens (tertiary/aromatic N) is 2. The number of hydrogen-bond donors (Lipinski definition) is 2. The van der Waals surface area contributed by atoms with E-state index in [0.717, 1.165) is 4.90 Å². The Morgan fingerprint density at radius 3 is 2.75 bits per heavy atom. The molecule has 20 heavy (non-hydrogen) atoms. The number of hydrogen-bond acceptors (Lipinski definition) is 4. The van der Waals surface area contributed by atoms with Crippen LogP contribution in [0.15, 0.2) is 37.5 Å². The van der Waals surface area contributed by atoms with Crippen LogP contribution in [0.1, 0.15) is 30.2 Å². The van der Waals surface area contributed by atoms with Crippen LogP contribution >= 0.6 is 27.7 Å². The summed E-state index contributed by atoms with van der Waals surface area (Å²) < 4.78 is 2.04. The molecule has 0 saturated heterocycles. The lowest BCUT2D eigenvalue weighted by Crippen LogP contribution is -2.19. The van der Waals surface area contributed by atoms with Gasteiger partial charge >= 0.3 is 11.7 Å². The van der Waals surface area contributed by atoms with Gasteiger partial charge in [0.05, 0.1) is 5.56 Å². The molecule has 0 bridgehead atoms. The number of H-pyrrole nitrogens is 1. The van der Waals surface area contributed by atoms with Crippen molar-refractivity contribution < 1.29 is 9.90 Å². The molecule has 0 aliphatic heterocycles. The lowest BCUT2D eigenvalue weighted by molar-refractivity contribution is 0.0696. The van der Waals surface area contributed by atoms with Crippen molar-refractivity contribution in [2.75, 3.05) is 0 Å². The Bertz CT molecular complexity index is 708. The first-order chi connectivity index (χ1) is 9.40. The van der Waals surface area contributed by atoms with E-state index in [1.807, 2.05) is 13.8 Å². The molecule has 0 amide bonds. The van der Waals surface area contributed by atoms with E-state index >= 15 is 0 Å². The predicted molar refractivity (Wildman–Crippen MR) is 78.5 cm³/mol. The van der Waals surface area contributed by atoms with E-state index in [2.05, 4.69) is 26.1 Å². The Kier molecular flexibility index (Phi) is 4.34. The molecule has 0 unspecified atom stereocenters. The molecule has 0 saturated carbocycles. The van der Waals surface area contributed by atoms with Crippen molar-refractivity contribution in [1.29, 1.82) is 0 Å². The predicted octanol–water partition coefficient (Wildman–Crippen LogP) is 2.76. The molecule has 0 aliphatic carbocycles. The molecule has 2 N–H and O–H groups in total. The van der Waals surface area contributed by atoms with Crippen LogP contribution in [0.5, 0.6) is 0 Å². The number of carboxylic acid groups (broad SMARTS) is 1. The summed E-state index contributed by atoms with van der Waals surface area (Å²) in [6.07, 6.45) is 0. The number of rotatable bonds is 4. The zero-order chi connectivity index (χ0) is 14.9. The summed E-state index contributed by atoms with van der Waals surface area (Å²) in [5.41, 5.74) is -0.0682. The summed E-state index contributed by atoms with van der Waals surface area (Å²) in [4.78, 5) is 23.4. The highest BCUT2D eigenvalue weighted by molar-refractivity contribution is 9.10. The normalized spacial score (nSPS) is 11.0. The molecule has 2 rings (SSSR count). The van der Waals surface area contributed by atoms with Gasteiger partial charge < -0.3 is 5.11 Å². The van der Waals surface area contributed by atoms with Crippen molar-refractivity contribution in [2.24, 2.45) is 0 Å². The monoisotopic (exact) mass is 357 g/mol. The number of aromatic nitrogens is 3. The molecule has 2 aromatic rings. The molecule has 106 valence electrons. The maximum atomic E-state index is 11.6. The van der Waals surface area contributed by atoms with Gasteiger partial charge in [0.15, 0.2) is 5.16 Å². The first-order valence-electron chi connectivity index (χ1n) is 5.77. The van der Waals surface area contributed by atoms with E-state index in [9.17, 15) is 9.59 Å². The van der Waals surface area contributed by atoms with Crippen LogP contribution in [-0.2, 0) is 0 Å².